The fourth-order valence-corrected chi connectivity index (χ4v) is 4.91. The molecule has 0 unspecified atom stereocenters. The number of rotatable bonds is 4. The van der Waals surface area contributed by atoms with Crippen LogP contribution < -0.4 is 5.73 Å². The lowest BCUT2D eigenvalue weighted by Gasteiger charge is -2.30. The van der Waals surface area contributed by atoms with Crippen molar-refractivity contribution in [3.8, 4) is 11.3 Å². The lowest BCUT2D eigenvalue weighted by atomic mass is 9.96. The zero-order chi connectivity index (χ0) is 23.8. The SMILES string of the molecule is Nc1nccn2c(C3CCN(C(=O)OCc4ccccc4)CC3)nc(-c3ccc4[nH]ccc4c3)c12.[HH]. The predicted octanol–water partition coefficient (Wildman–Crippen LogP) is 5.22. The van der Waals surface area contributed by atoms with Gasteiger partial charge in [-0.15, -0.1) is 0 Å². The molecule has 1 aliphatic rings. The van der Waals surface area contributed by atoms with Crippen LogP contribution in [0, 0.1) is 0 Å². The predicted molar refractivity (Wildman–Crippen MR) is 137 cm³/mol. The fourth-order valence-electron chi connectivity index (χ4n) is 4.91. The second kappa shape index (κ2) is 8.79. The number of H-pyrrole nitrogens is 1. The van der Waals surface area contributed by atoms with E-state index in [4.69, 9.17) is 15.5 Å². The lowest BCUT2D eigenvalue weighted by Crippen LogP contribution is -2.38. The van der Waals surface area contributed by atoms with Crippen molar-refractivity contribution in [3.63, 3.8) is 0 Å². The molecule has 8 heteroatoms. The van der Waals surface area contributed by atoms with Gasteiger partial charge >= 0.3 is 6.09 Å². The number of nitrogens with one attached hydrogen (secondary N) is 1. The van der Waals surface area contributed by atoms with Crippen LogP contribution >= 0.6 is 0 Å². The minimum atomic E-state index is -0.269. The first-order valence-corrected chi connectivity index (χ1v) is 11.8. The number of nitrogen functional groups attached to an aromatic ring is 1. The third kappa shape index (κ3) is 3.97. The molecule has 0 atom stereocenters. The van der Waals surface area contributed by atoms with Gasteiger partial charge < -0.3 is 20.4 Å². The molecular weight excluding hydrogens is 440 g/mol. The molecule has 1 fully saturated rings. The maximum Gasteiger partial charge on any atom is 0.410 e. The van der Waals surface area contributed by atoms with Crippen LogP contribution in [-0.4, -0.2) is 43.4 Å². The van der Waals surface area contributed by atoms with Gasteiger partial charge in [-0.1, -0.05) is 36.4 Å². The summed E-state index contributed by atoms with van der Waals surface area (Å²) in [4.78, 5) is 27.0. The number of imidazole rings is 1. The molecule has 3 N–H and O–H groups in total. The minimum Gasteiger partial charge on any atom is -0.445 e. The van der Waals surface area contributed by atoms with Gasteiger partial charge in [-0.2, -0.15) is 0 Å². The Morgan fingerprint density at radius 2 is 1.97 bits per heavy atom. The van der Waals surface area contributed by atoms with Crippen LogP contribution in [0.4, 0.5) is 10.6 Å². The molecule has 1 amide bonds. The zero-order valence-corrected chi connectivity index (χ0v) is 19.2. The highest BCUT2D eigenvalue weighted by Crippen LogP contribution is 2.35. The summed E-state index contributed by atoms with van der Waals surface area (Å²) in [6.07, 6.45) is 6.90. The third-order valence-corrected chi connectivity index (χ3v) is 6.76. The highest BCUT2D eigenvalue weighted by molar-refractivity contribution is 5.91. The van der Waals surface area contributed by atoms with Crippen molar-refractivity contribution < 1.29 is 11.0 Å². The van der Waals surface area contributed by atoms with Crippen molar-refractivity contribution in [1.29, 1.82) is 0 Å². The number of piperidine rings is 1. The summed E-state index contributed by atoms with van der Waals surface area (Å²) in [5.41, 5.74) is 11.0. The van der Waals surface area contributed by atoms with Crippen molar-refractivity contribution >= 4 is 28.3 Å². The Morgan fingerprint density at radius 1 is 1.14 bits per heavy atom. The molecule has 1 aliphatic heterocycles. The van der Waals surface area contributed by atoms with Crippen LogP contribution in [0.1, 0.15) is 31.6 Å². The molecule has 35 heavy (non-hydrogen) atoms. The number of hydrogen-bond donors (Lipinski definition) is 2. The van der Waals surface area contributed by atoms with Gasteiger partial charge in [-0.05, 0) is 36.6 Å². The Labute approximate surface area is 203 Å². The highest BCUT2D eigenvalue weighted by Gasteiger charge is 2.29. The molecule has 0 aliphatic carbocycles. The van der Waals surface area contributed by atoms with Gasteiger partial charge in [-0.3, -0.25) is 4.40 Å². The van der Waals surface area contributed by atoms with Crippen molar-refractivity contribution in [2.45, 2.75) is 25.4 Å². The summed E-state index contributed by atoms with van der Waals surface area (Å²) in [5.74, 6) is 1.61. The number of benzene rings is 2. The van der Waals surface area contributed by atoms with Gasteiger partial charge in [0.25, 0.3) is 0 Å². The van der Waals surface area contributed by atoms with Gasteiger partial charge in [0.1, 0.15) is 29.5 Å². The highest BCUT2D eigenvalue weighted by atomic mass is 16.6. The summed E-state index contributed by atoms with van der Waals surface area (Å²) >= 11 is 0. The smallest absolute Gasteiger partial charge is 0.410 e. The topological polar surface area (TPSA) is 102 Å². The summed E-state index contributed by atoms with van der Waals surface area (Å²) in [5, 5.41) is 1.12. The van der Waals surface area contributed by atoms with E-state index in [1.54, 1.807) is 11.1 Å². The number of fused-ring (bicyclic) bond motifs is 2. The average molecular weight is 469 g/mol. The van der Waals surface area contributed by atoms with Crippen LogP contribution in [0.2, 0.25) is 0 Å². The molecule has 5 aromatic rings. The largest absolute Gasteiger partial charge is 0.445 e. The third-order valence-electron chi connectivity index (χ3n) is 6.76. The Bertz CT molecular complexity index is 1510. The first-order valence-electron chi connectivity index (χ1n) is 11.8. The van der Waals surface area contributed by atoms with Crippen LogP contribution in [0.25, 0.3) is 27.7 Å². The number of amides is 1. The molecule has 0 spiro atoms. The first-order chi connectivity index (χ1) is 17.2. The quantitative estimate of drug-likeness (QED) is 0.376. The molecular formula is C27H28N6O2. The maximum atomic E-state index is 12.6. The monoisotopic (exact) mass is 468 g/mol. The number of ether oxygens (including phenoxy) is 1. The lowest BCUT2D eigenvalue weighted by molar-refractivity contribution is 0.0866. The van der Waals surface area contributed by atoms with E-state index < -0.39 is 0 Å². The molecule has 0 bridgehead atoms. The number of likely N-dealkylation sites (tertiary alicyclic amines) is 1. The second-order valence-corrected chi connectivity index (χ2v) is 8.93. The Kier molecular flexibility index (Phi) is 5.33. The van der Waals surface area contributed by atoms with E-state index >= 15 is 0 Å². The van der Waals surface area contributed by atoms with Crippen molar-refractivity contribution in [2.24, 2.45) is 0 Å². The average Bonchev–Trinajstić information content (AvgIpc) is 3.53. The van der Waals surface area contributed by atoms with Gasteiger partial charge in [-0.25, -0.2) is 14.8 Å². The Hall–Kier alpha value is -4.33. The van der Waals surface area contributed by atoms with Crippen molar-refractivity contribution in [2.75, 3.05) is 18.8 Å². The normalized spacial score (nSPS) is 14.6. The number of aromatic nitrogens is 4. The number of nitrogens with zero attached hydrogens (tertiary/aromatic N) is 4. The van der Waals surface area contributed by atoms with Crippen molar-refractivity contribution in [1.82, 2.24) is 24.3 Å². The number of hydrogen-bond acceptors (Lipinski definition) is 5. The number of carbonyl (C=O) groups is 1. The Balaban J connectivity index is 0.00000267. The number of aromatic amines is 1. The minimum absolute atomic E-state index is 0. The summed E-state index contributed by atoms with van der Waals surface area (Å²) < 4.78 is 7.59. The van der Waals surface area contributed by atoms with Gasteiger partial charge in [0.2, 0.25) is 0 Å². The molecule has 1 saturated heterocycles. The van der Waals surface area contributed by atoms with Crippen LogP contribution in [-0.2, 0) is 11.3 Å². The van der Waals surface area contributed by atoms with Gasteiger partial charge in [0.05, 0.1) is 0 Å². The molecule has 0 saturated carbocycles. The molecule has 178 valence electrons. The molecule has 2 aromatic carbocycles. The van der Waals surface area contributed by atoms with E-state index in [0.29, 0.717) is 18.9 Å². The summed E-state index contributed by atoms with van der Waals surface area (Å²) in [7, 11) is 0. The van der Waals surface area contributed by atoms with E-state index in [9.17, 15) is 4.79 Å². The fraction of sp³-hybridized carbons (Fsp3) is 0.222. The van der Waals surface area contributed by atoms with E-state index in [1.807, 2.05) is 48.8 Å². The van der Waals surface area contributed by atoms with Crippen molar-refractivity contribution in [3.05, 3.63) is 84.6 Å². The zero-order valence-electron chi connectivity index (χ0n) is 19.2. The standard InChI is InChI=1S/C27H26N6O2.H2/c28-25-24-23(21-6-7-22-20(16-21)8-11-29-22)31-26(33(24)15-12-30-25)19-9-13-32(14-10-19)27(34)35-17-18-4-2-1-3-5-18;/h1-8,11-12,15-16,19,29H,9-10,13-14,17H2,(H2,28,30);1H. The van der Waals surface area contributed by atoms with E-state index in [0.717, 1.165) is 51.9 Å². The summed E-state index contributed by atoms with van der Waals surface area (Å²) in [6, 6.07) is 18.0. The van der Waals surface area contributed by atoms with E-state index in [1.165, 1.54) is 0 Å². The van der Waals surface area contributed by atoms with E-state index in [2.05, 4.69) is 32.6 Å². The summed E-state index contributed by atoms with van der Waals surface area (Å²) in [6.45, 7) is 1.53. The first kappa shape index (κ1) is 21.2. The van der Waals surface area contributed by atoms with Crippen LogP contribution in [0.5, 0.6) is 0 Å². The van der Waals surface area contributed by atoms with E-state index in [-0.39, 0.29) is 20.0 Å². The number of anilines is 1. The number of nitrogens with two attached hydrogens (primary N) is 1. The van der Waals surface area contributed by atoms with Gasteiger partial charge in [0.15, 0.2) is 0 Å². The number of carbonyl (C=O) groups excluding carboxylic acids is 1. The molecule has 3 aromatic heterocycles. The van der Waals surface area contributed by atoms with Crippen LogP contribution in [0.15, 0.2) is 73.2 Å². The van der Waals surface area contributed by atoms with Gasteiger partial charge in [0, 0.05) is 55.5 Å². The second-order valence-electron chi connectivity index (χ2n) is 8.93. The van der Waals surface area contributed by atoms with Crippen LogP contribution in [0.3, 0.4) is 0 Å². The molecule has 8 nitrogen and oxygen atoms in total. The molecule has 6 rings (SSSR count). The molecule has 4 heterocycles. The maximum absolute atomic E-state index is 12.6. The Morgan fingerprint density at radius 3 is 2.80 bits per heavy atom. The molecule has 0 radical (unpaired) electrons.